The quantitative estimate of drug-likeness (QED) is 0.232. The van der Waals surface area contributed by atoms with Gasteiger partial charge in [0.2, 0.25) is 0 Å². The smallest absolute Gasteiger partial charge is 0.343 e. The van der Waals surface area contributed by atoms with Gasteiger partial charge in [-0.2, -0.15) is 5.10 Å². The Morgan fingerprint density at radius 1 is 0.871 bits per heavy atom. The van der Waals surface area contributed by atoms with Crippen molar-refractivity contribution >= 4 is 34.0 Å². The molecule has 0 unspecified atom stereocenters. The predicted molar refractivity (Wildman–Crippen MR) is 120 cm³/mol. The molecular weight excluding hydrogens is 464 g/mol. The average Bonchev–Trinajstić information content (AvgIpc) is 2.80. The van der Waals surface area contributed by atoms with Gasteiger partial charge in [0.1, 0.15) is 5.75 Å². The van der Waals surface area contributed by atoms with Gasteiger partial charge < -0.3 is 14.2 Å². The van der Waals surface area contributed by atoms with Gasteiger partial charge in [-0.25, -0.2) is 10.2 Å². The van der Waals surface area contributed by atoms with Crippen LogP contribution < -0.4 is 19.6 Å². The molecule has 0 saturated heterocycles. The number of hydrogen-bond acceptors (Lipinski definition) is 6. The van der Waals surface area contributed by atoms with Crippen molar-refractivity contribution in [3.63, 3.8) is 0 Å². The fraction of sp³-hybridized carbons (Fsp3) is 0.0870. The first kappa shape index (κ1) is 22.0. The maximum atomic E-state index is 12.3. The zero-order chi connectivity index (χ0) is 22.2. The van der Waals surface area contributed by atoms with E-state index in [1.54, 1.807) is 66.7 Å². The van der Waals surface area contributed by atoms with E-state index in [4.69, 9.17) is 14.2 Å². The van der Waals surface area contributed by atoms with Crippen molar-refractivity contribution in [3.8, 4) is 17.2 Å². The Morgan fingerprint density at radius 2 is 1.52 bits per heavy atom. The molecule has 0 aromatic heterocycles. The molecule has 0 fully saturated rings. The van der Waals surface area contributed by atoms with E-state index >= 15 is 0 Å². The molecule has 1 N–H and O–H groups in total. The van der Waals surface area contributed by atoms with Crippen LogP contribution in [-0.4, -0.2) is 32.3 Å². The summed E-state index contributed by atoms with van der Waals surface area (Å²) in [6, 6.07) is 18.4. The molecule has 0 aliphatic heterocycles. The SMILES string of the molecule is COc1ccc(C(=O)NN=Cc2ccc(OC(=O)c3ccc(Br)cc3)cc2)cc1OC. The molecule has 3 rings (SSSR count). The zero-order valence-corrected chi connectivity index (χ0v) is 18.4. The van der Waals surface area contributed by atoms with Crippen molar-refractivity contribution in [2.45, 2.75) is 0 Å². The van der Waals surface area contributed by atoms with Crippen LogP contribution in [0.2, 0.25) is 0 Å². The fourth-order valence-electron chi connectivity index (χ4n) is 2.58. The summed E-state index contributed by atoms with van der Waals surface area (Å²) in [5.74, 6) is 0.545. The molecule has 3 aromatic carbocycles. The fourth-order valence-corrected chi connectivity index (χ4v) is 2.85. The summed E-state index contributed by atoms with van der Waals surface area (Å²) < 4.78 is 16.6. The van der Waals surface area contributed by atoms with Crippen molar-refractivity contribution < 1.29 is 23.8 Å². The molecule has 158 valence electrons. The maximum absolute atomic E-state index is 12.3. The van der Waals surface area contributed by atoms with Gasteiger partial charge in [0.25, 0.3) is 5.91 Å². The van der Waals surface area contributed by atoms with Gasteiger partial charge in [0.15, 0.2) is 11.5 Å². The molecule has 7 nitrogen and oxygen atoms in total. The summed E-state index contributed by atoms with van der Waals surface area (Å²) in [7, 11) is 3.02. The predicted octanol–water partition coefficient (Wildman–Crippen LogP) is 4.45. The Labute approximate surface area is 187 Å². The first-order valence-electron chi connectivity index (χ1n) is 9.13. The topological polar surface area (TPSA) is 86.2 Å². The number of carbonyl (C=O) groups is 2. The van der Waals surface area contributed by atoms with Gasteiger partial charge in [0.05, 0.1) is 26.0 Å². The summed E-state index contributed by atoms with van der Waals surface area (Å²) in [5.41, 5.74) is 4.00. The molecule has 0 heterocycles. The first-order valence-corrected chi connectivity index (χ1v) is 9.92. The van der Waals surface area contributed by atoms with E-state index in [0.717, 1.165) is 10.0 Å². The second-order valence-corrected chi connectivity index (χ2v) is 7.15. The minimum atomic E-state index is -0.448. The Kier molecular flexibility index (Phi) is 7.40. The van der Waals surface area contributed by atoms with Gasteiger partial charge in [-0.15, -0.1) is 0 Å². The standard InChI is InChI=1S/C23H19BrN2O5/c1-29-20-12-7-17(13-21(20)30-2)22(27)26-25-14-15-3-10-19(11-4-15)31-23(28)16-5-8-18(24)9-6-16/h3-14H,1-2H3,(H,26,27). The largest absolute Gasteiger partial charge is 0.493 e. The number of nitrogens with one attached hydrogen (secondary N) is 1. The van der Waals surface area contributed by atoms with Gasteiger partial charge in [-0.05, 0) is 72.3 Å². The Bertz CT molecular complexity index is 1100. The first-order chi connectivity index (χ1) is 15.0. The highest BCUT2D eigenvalue weighted by Crippen LogP contribution is 2.27. The van der Waals surface area contributed by atoms with E-state index in [2.05, 4.69) is 26.5 Å². The molecule has 0 aliphatic rings. The van der Waals surface area contributed by atoms with E-state index in [0.29, 0.717) is 28.4 Å². The number of esters is 1. The number of rotatable bonds is 7. The lowest BCUT2D eigenvalue weighted by atomic mass is 10.2. The van der Waals surface area contributed by atoms with Crippen molar-refractivity contribution in [2.24, 2.45) is 5.10 Å². The number of amides is 1. The van der Waals surface area contributed by atoms with E-state index in [-0.39, 0.29) is 0 Å². The average molecular weight is 483 g/mol. The number of methoxy groups -OCH3 is 2. The number of hydrogen-bond donors (Lipinski definition) is 1. The summed E-state index contributed by atoms with van der Waals surface area (Å²) in [4.78, 5) is 24.4. The molecular formula is C23H19BrN2O5. The molecule has 0 bridgehead atoms. The van der Waals surface area contributed by atoms with Crippen LogP contribution in [0, 0.1) is 0 Å². The Hall–Kier alpha value is -3.65. The molecule has 0 saturated carbocycles. The van der Waals surface area contributed by atoms with Gasteiger partial charge in [-0.3, -0.25) is 4.79 Å². The number of halogens is 1. The number of ether oxygens (including phenoxy) is 3. The summed E-state index contributed by atoms with van der Waals surface area (Å²) in [6.45, 7) is 0. The van der Waals surface area contributed by atoms with Crippen molar-refractivity contribution in [1.29, 1.82) is 0 Å². The van der Waals surface area contributed by atoms with E-state index in [9.17, 15) is 9.59 Å². The van der Waals surface area contributed by atoms with Crippen LogP contribution in [0.15, 0.2) is 76.3 Å². The highest BCUT2D eigenvalue weighted by molar-refractivity contribution is 9.10. The second-order valence-electron chi connectivity index (χ2n) is 6.23. The summed E-state index contributed by atoms with van der Waals surface area (Å²) in [5, 5.41) is 3.95. The Morgan fingerprint density at radius 3 is 2.16 bits per heavy atom. The molecule has 0 spiro atoms. The molecule has 8 heteroatoms. The van der Waals surface area contributed by atoms with Crippen LogP contribution in [0.4, 0.5) is 0 Å². The van der Waals surface area contributed by atoms with E-state index < -0.39 is 11.9 Å². The highest BCUT2D eigenvalue weighted by Gasteiger charge is 2.10. The third-order valence-corrected chi connectivity index (χ3v) is 4.72. The van der Waals surface area contributed by atoms with Crippen LogP contribution >= 0.6 is 15.9 Å². The Balaban J connectivity index is 1.57. The molecule has 0 aliphatic carbocycles. The normalized spacial score (nSPS) is 10.5. The monoisotopic (exact) mass is 482 g/mol. The van der Waals surface area contributed by atoms with Gasteiger partial charge >= 0.3 is 5.97 Å². The van der Waals surface area contributed by atoms with Gasteiger partial charge in [0, 0.05) is 10.0 Å². The molecule has 0 radical (unpaired) electrons. The number of nitrogens with zero attached hydrogens (tertiary/aromatic N) is 1. The second kappa shape index (κ2) is 10.4. The highest BCUT2D eigenvalue weighted by atomic mass is 79.9. The molecule has 3 aromatic rings. The minimum Gasteiger partial charge on any atom is -0.493 e. The van der Waals surface area contributed by atoms with Crippen molar-refractivity contribution in [3.05, 3.63) is 87.9 Å². The summed E-state index contributed by atoms with van der Waals surface area (Å²) >= 11 is 3.32. The maximum Gasteiger partial charge on any atom is 0.343 e. The minimum absolute atomic E-state index is 0.380. The third-order valence-electron chi connectivity index (χ3n) is 4.20. The lowest BCUT2D eigenvalue weighted by Gasteiger charge is -2.08. The summed E-state index contributed by atoms with van der Waals surface area (Å²) in [6.07, 6.45) is 1.49. The van der Waals surface area contributed by atoms with E-state index in [1.807, 2.05) is 0 Å². The van der Waals surface area contributed by atoms with Crippen molar-refractivity contribution in [2.75, 3.05) is 14.2 Å². The number of hydrazone groups is 1. The van der Waals surface area contributed by atoms with E-state index in [1.165, 1.54) is 20.4 Å². The van der Waals surface area contributed by atoms with Crippen LogP contribution in [0.1, 0.15) is 26.3 Å². The molecule has 0 atom stereocenters. The van der Waals surface area contributed by atoms with Crippen LogP contribution in [0.3, 0.4) is 0 Å². The van der Waals surface area contributed by atoms with Crippen LogP contribution in [-0.2, 0) is 0 Å². The molecule has 1 amide bonds. The van der Waals surface area contributed by atoms with Gasteiger partial charge in [-0.1, -0.05) is 15.9 Å². The zero-order valence-electron chi connectivity index (χ0n) is 16.8. The van der Waals surface area contributed by atoms with Crippen LogP contribution in [0.25, 0.3) is 0 Å². The number of benzene rings is 3. The van der Waals surface area contributed by atoms with Crippen molar-refractivity contribution in [1.82, 2.24) is 5.43 Å². The lowest BCUT2D eigenvalue weighted by molar-refractivity contribution is 0.0734. The number of carbonyl (C=O) groups excluding carboxylic acids is 2. The lowest BCUT2D eigenvalue weighted by Crippen LogP contribution is -2.17. The third kappa shape index (κ3) is 5.93. The van der Waals surface area contributed by atoms with Crippen LogP contribution in [0.5, 0.6) is 17.2 Å². The molecule has 31 heavy (non-hydrogen) atoms.